The summed E-state index contributed by atoms with van der Waals surface area (Å²) < 4.78 is 0. The Balaban J connectivity index is 1.97. The lowest BCUT2D eigenvalue weighted by Crippen LogP contribution is -2.46. The van der Waals surface area contributed by atoms with Crippen molar-refractivity contribution < 1.29 is 4.79 Å². The normalized spacial score (nSPS) is 15.4. The second kappa shape index (κ2) is 6.49. The van der Waals surface area contributed by atoms with E-state index in [1.807, 2.05) is 30.0 Å². The molecule has 1 saturated heterocycles. The number of nitriles is 1. The summed E-state index contributed by atoms with van der Waals surface area (Å²) in [7, 11) is 3.55. The molecule has 0 aliphatic carbocycles. The van der Waals surface area contributed by atoms with Gasteiger partial charge in [-0.1, -0.05) is 12.1 Å². The van der Waals surface area contributed by atoms with E-state index in [9.17, 15) is 10.1 Å². The van der Waals surface area contributed by atoms with Gasteiger partial charge in [0, 0.05) is 33.2 Å². The Morgan fingerprint density at radius 1 is 1.38 bits per heavy atom. The molecule has 1 aromatic carbocycles. The fourth-order valence-electron chi connectivity index (χ4n) is 2.65. The number of aryl methyl sites for hydroxylation is 1. The molecular formula is C16H22N4O. The van der Waals surface area contributed by atoms with Gasteiger partial charge in [0.1, 0.15) is 6.07 Å². The number of benzene rings is 1. The molecule has 0 saturated carbocycles. The fraction of sp³-hybridized carbons (Fsp3) is 0.500. The van der Waals surface area contributed by atoms with Gasteiger partial charge in [-0.3, -0.25) is 0 Å². The van der Waals surface area contributed by atoms with E-state index in [1.165, 1.54) is 0 Å². The average Bonchev–Trinajstić information content (AvgIpc) is 2.47. The Morgan fingerprint density at radius 2 is 2.05 bits per heavy atom. The van der Waals surface area contributed by atoms with Gasteiger partial charge < -0.3 is 15.1 Å². The first-order valence-corrected chi connectivity index (χ1v) is 7.25. The maximum absolute atomic E-state index is 11.9. The molecule has 5 nitrogen and oxygen atoms in total. The van der Waals surface area contributed by atoms with Gasteiger partial charge in [0.25, 0.3) is 0 Å². The Labute approximate surface area is 126 Å². The lowest BCUT2D eigenvalue weighted by molar-refractivity contribution is 0.158. The standard InChI is InChI=1S/C16H22N4O/c1-12-5-4-6-15(14(12)11-17)18-13-7-9-20(10-8-13)16(21)19(2)3/h4-6,13,18H,7-10H2,1-3H3. The topological polar surface area (TPSA) is 59.4 Å². The third kappa shape index (κ3) is 3.46. The third-order valence-corrected chi connectivity index (χ3v) is 3.89. The van der Waals surface area contributed by atoms with E-state index in [0.29, 0.717) is 11.6 Å². The summed E-state index contributed by atoms with van der Waals surface area (Å²) >= 11 is 0. The van der Waals surface area contributed by atoms with Crippen LogP contribution in [0.5, 0.6) is 0 Å². The largest absolute Gasteiger partial charge is 0.381 e. The zero-order valence-electron chi connectivity index (χ0n) is 12.9. The number of rotatable bonds is 2. The zero-order valence-corrected chi connectivity index (χ0v) is 12.9. The van der Waals surface area contributed by atoms with Crippen molar-refractivity contribution in [3.05, 3.63) is 29.3 Å². The minimum Gasteiger partial charge on any atom is -0.381 e. The van der Waals surface area contributed by atoms with Gasteiger partial charge in [0.05, 0.1) is 11.3 Å². The van der Waals surface area contributed by atoms with Gasteiger partial charge in [-0.25, -0.2) is 4.79 Å². The van der Waals surface area contributed by atoms with Crippen LogP contribution in [0.1, 0.15) is 24.0 Å². The fourth-order valence-corrected chi connectivity index (χ4v) is 2.65. The van der Waals surface area contributed by atoms with E-state index < -0.39 is 0 Å². The van der Waals surface area contributed by atoms with Crippen molar-refractivity contribution in [2.75, 3.05) is 32.5 Å². The summed E-state index contributed by atoms with van der Waals surface area (Å²) in [5.41, 5.74) is 2.60. The van der Waals surface area contributed by atoms with Crippen LogP contribution in [0.4, 0.5) is 10.5 Å². The van der Waals surface area contributed by atoms with Crippen LogP contribution in [-0.2, 0) is 0 Å². The zero-order chi connectivity index (χ0) is 15.4. The monoisotopic (exact) mass is 286 g/mol. The Kier molecular flexibility index (Phi) is 4.69. The van der Waals surface area contributed by atoms with Gasteiger partial charge in [0.2, 0.25) is 0 Å². The SMILES string of the molecule is Cc1cccc(NC2CCN(C(=O)N(C)C)CC2)c1C#N. The van der Waals surface area contributed by atoms with Crippen LogP contribution in [0.3, 0.4) is 0 Å². The van der Waals surface area contributed by atoms with E-state index >= 15 is 0 Å². The summed E-state index contributed by atoms with van der Waals surface area (Å²) in [4.78, 5) is 15.4. The summed E-state index contributed by atoms with van der Waals surface area (Å²) in [5.74, 6) is 0. The van der Waals surface area contributed by atoms with Crippen LogP contribution in [0.2, 0.25) is 0 Å². The first-order valence-electron chi connectivity index (χ1n) is 7.25. The van der Waals surface area contributed by atoms with E-state index in [0.717, 1.165) is 37.2 Å². The number of anilines is 1. The quantitative estimate of drug-likeness (QED) is 0.908. The number of likely N-dealkylation sites (tertiary alicyclic amines) is 1. The molecule has 1 fully saturated rings. The van der Waals surface area contributed by atoms with Crippen molar-refractivity contribution in [2.45, 2.75) is 25.8 Å². The van der Waals surface area contributed by atoms with Crippen molar-refractivity contribution >= 4 is 11.7 Å². The molecular weight excluding hydrogens is 264 g/mol. The highest BCUT2D eigenvalue weighted by molar-refractivity contribution is 5.74. The predicted octanol–water partition coefficient (Wildman–Crippen LogP) is 2.42. The van der Waals surface area contributed by atoms with Crippen LogP contribution in [0, 0.1) is 18.3 Å². The molecule has 2 rings (SSSR count). The van der Waals surface area contributed by atoms with Crippen LogP contribution < -0.4 is 5.32 Å². The van der Waals surface area contributed by atoms with Gasteiger partial charge >= 0.3 is 6.03 Å². The number of nitrogens with zero attached hydrogens (tertiary/aromatic N) is 3. The Morgan fingerprint density at radius 3 is 2.62 bits per heavy atom. The van der Waals surface area contributed by atoms with Gasteiger partial charge in [0.15, 0.2) is 0 Å². The summed E-state index contributed by atoms with van der Waals surface area (Å²) in [5, 5.41) is 12.7. The maximum atomic E-state index is 11.9. The molecule has 0 atom stereocenters. The van der Waals surface area contributed by atoms with E-state index in [4.69, 9.17) is 0 Å². The highest BCUT2D eigenvalue weighted by Crippen LogP contribution is 2.22. The van der Waals surface area contributed by atoms with Gasteiger partial charge in [-0.05, 0) is 31.4 Å². The molecule has 5 heteroatoms. The maximum Gasteiger partial charge on any atom is 0.319 e. The van der Waals surface area contributed by atoms with Crippen molar-refractivity contribution in [1.82, 2.24) is 9.80 Å². The number of carbonyl (C=O) groups excluding carboxylic acids is 1. The molecule has 0 aromatic heterocycles. The molecule has 21 heavy (non-hydrogen) atoms. The van der Waals surface area contributed by atoms with E-state index in [1.54, 1.807) is 19.0 Å². The minimum absolute atomic E-state index is 0.0710. The van der Waals surface area contributed by atoms with Crippen molar-refractivity contribution in [3.63, 3.8) is 0 Å². The molecule has 1 aliphatic rings. The second-order valence-electron chi connectivity index (χ2n) is 5.69. The first kappa shape index (κ1) is 15.2. The molecule has 0 bridgehead atoms. The van der Waals surface area contributed by atoms with Gasteiger partial charge in [-0.2, -0.15) is 5.26 Å². The average molecular weight is 286 g/mol. The number of piperidine rings is 1. The second-order valence-corrected chi connectivity index (χ2v) is 5.69. The summed E-state index contributed by atoms with van der Waals surface area (Å²) in [6.45, 7) is 3.45. The van der Waals surface area contributed by atoms with Crippen molar-refractivity contribution in [2.24, 2.45) is 0 Å². The van der Waals surface area contributed by atoms with Crippen molar-refractivity contribution in [1.29, 1.82) is 5.26 Å². The molecule has 1 heterocycles. The highest BCUT2D eigenvalue weighted by Gasteiger charge is 2.24. The molecule has 2 amide bonds. The minimum atomic E-state index is 0.0710. The molecule has 0 unspecified atom stereocenters. The number of nitrogens with one attached hydrogen (secondary N) is 1. The Hall–Kier alpha value is -2.22. The molecule has 1 aromatic rings. The van der Waals surface area contributed by atoms with E-state index in [-0.39, 0.29) is 6.03 Å². The highest BCUT2D eigenvalue weighted by atomic mass is 16.2. The van der Waals surface area contributed by atoms with Crippen molar-refractivity contribution in [3.8, 4) is 6.07 Å². The third-order valence-electron chi connectivity index (χ3n) is 3.89. The van der Waals surface area contributed by atoms with Crippen LogP contribution in [0.15, 0.2) is 18.2 Å². The number of hydrogen-bond acceptors (Lipinski definition) is 3. The first-order chi connectivity index (χ1) is 10.0. The number of carbonyl (C=O) groups is 1. The van der Waals surface area contributed by atoms with Crippen LogP contribution >= 0.6 is 0 Å². The summed E-state index contributed by atoms with van der Waals surface area (Å²) in [6.07, 6.45) is 1.80. The molecule has 1 aliphatic heterocycles. The molecule has 1 N–H and O–H groups in total. The lowest BCUT2D eigenvalue weighted by Gasteiger charge is -2.34. The van der Waals surface area contributed by atoms with Crippen LogP contribution in [-0.4, -0.2) is 49.1 Å². The number of hydrogen-bond donors (Lipinski definition) is 1. The molecule has 112 valence electrons. The smallest absolute Gasteiger partial charge is 0.319 e. The van der Waals surface area contributed by atoms with Crippen LogP contribution in [0.25, 0.3) is 0 Å². The lowest BCUT2D eigenvalue weighted by atomic mass is 10.0. The number of urea groups is 1. The van der Waals surface area contributed by atoms with Gasteiger partial charge in [-0.15, -0.1) is 0 Å². The molecule has 0 spiro atoms. The summed E-state index contributed by atoms with van der Waals surface area (Å²) in [6, 6.07) is 8.50. The predicted molar refractivity (Wildman–Crippen MR) is 83.2 cm³/mol. The Bertz CT molecular complexity index is 554. The molecule has 0 radical (unpaired) electrons. The van der Waals surface area contributed by atoms with E-state index in [2.05, 4.69) is 11.4 Å². The number of amides is 2.